The van der Waals surface area contributed by atoms with Gasteiger partial charge < -0.3 is 25.0 Å². The lowest BCUT2D eigenvalue weighted by atomic mass is 10.1. The molecule has 200 valence electrons. The number of aromatic nitrogens is 2. The van der Waals surface area contributed by atoms with Gasteiger partial charge in [-0.2, -0.15) is 0 Å². The monoisotopic (exact) mass is 530 g/mol. The summed E-state index contributed by atoms with van der Waals surface area (Å²) in [5, 5.41) is 9.19. The van der Waals surface area contributed by atoms with Crippen LogP contribution < -0.4 is 20.7 Å². The van der Waals surface area contributed by atoms with Crippen LogP contribution in [-0.4, -0.2) is 60.2 Å². The topological polar surface area (TPSA) is 118 Å². The molecule has 39 heavy (non-hydrogen) atoms. The second-order valence-electron chi connectivity index (χ2n) is 8.81. The highest BCUT2D eigenvalue weighted by atomic mass is 19.1. The number of fused-ring (bicyclic) bond motifs is 1. The molecule has 0 saturated carbocycles. The number of anilines is 3. The van der Waals surface area contributed by atoms with Crippen LogP contribution in [0.1, 0.15) is 15.9 Å². The molecule has 11 heteroatoms. The van der Waals surface area contributed by atoms with Crippen LogP contribution in [0.5, 0.6) is 5.75 Å². The summed E-state index contributed by atoms with van der Waals surface area (Å²) in [6.07, 6.45) is 1.61. The first-order valence-corrected chi connectivity index (χ1v) is 12.4. The van der Waals surface area contributed by atoms with Crippen LogP contribution in [0.25, 0.3) is 10.9 Å². The van der Waals surface area contributed by atoms with Crippen molar-refractivity contribution in [2.75, 3.05) is 49.4 Å². The number of para-hydroxylation sites is 1. The Kier molecular flexibility index (Phi) is 7.78. The van der Waals surface area contributed by atoms with E-state index >= 15 is 0 Å². The minimum absolute atomic E-state index is 0.165. The molecule has 0 bridgehead atoms. The second kappa shape index (κ2) is 11.7. The van der Waals surface area contributed by atoms with Crippen molar-refractivity contribution in [3.05, 3.63) is 83.8 Å². The summed E-state index contributed by atoms with van der Waals surface area (Å²) in [7, 11) is 1.53. The molecule has 0 atom stereocenters. The van der Waals surface area contributed by atoms with Gasteiger partial charge in [0.1, 0.15) is 11.6 Å². The molecule has 3 amide bonds. The third kappa shape index (κ3) is 6.21. The van der Waals surface area contributed by atoms with Crippen LogP contribution in [0, 0.1) is 5.82 Å². The SMILES string of the molecule is COc1ccc2nc(NC(=O)c3ccccc3NCc3ccnc(NC(=O)N4CCOCC4)c3)c(F)cc2c1. The first-order chi connectivity index (χ1) is 19.0. The predicted octanol–water partition coefficient (Wildman–Crippen LogP) is 4.51. The molecule has 0 aliphatic carbocycles. The lowest BCUT2D eigenvalue weighted by Gasteiger charge is -2.26. The number of carbonyl (C=O) groups excluding carboxylic acids is 2. The average Bonchev–Trinajstić information content (AvgIpc) is 2.97. The Morgan fingerprint density at radius 1 is 1.05 bits per heavy atom. The molecule has 1 saturated heterocycles. The van der Waals surface area contributed by atoms with Crippen LogP contribution in [0.15, 0.2) is 66.9 Å². The fraction of sp³-hybridized carbons (Fsp3) is 0.214. The van der Waals surface area contributed by atoms with Gasteiger partial charge in [-0.25, -0.2) is 19.2 Å². The number of pyridine rings is 2. The Morgan fingerprint density at radius 3 is 2.69 bits per heavy atom. The van der Waals surface area contributed by atoms with E-state index in [-0.39, 0.29) is 11.8 Å². The minimum Gasteiger partial charge on any atom is -0.497 e. The maximum atomic E-state index is 14.8. The van der Waals surface area contributed by atoms with Crippen molar-refractivity contribution in [3.8, 4) is 5.75 Å². The van der Waals surface area contributed by atoms with Gasteiger partial charge in [0.05, 0.1) is 31.4 Å². The lowest BCUT2D eigenvalue weighted by molar-refractivity contribution is 0.0564. The van der Waals surface area contributed by atoms with Crippen molar-refractivity contribution in [2.45, 2.75) is 6.54 Å². The molecular weight excluding hydrogens is 503 g/mol. The number of hydrogen-bond donors (Lipinski definition) is 3. The van der Waals surface area contributed by atoms with Gasteiger partial charge in [0.15, 0.2) is 11.6 Å². The van der Waals surface area contributed by atoms with Gasteiger partial charge in [-0.15, -0.1) is 0 Å². The average molecular weight is 531 g/mol. The highest BCUT2D eigenvalue weighted by molar-refractivity contribution is 6.08. The van der Waals surface area contributed by atoms with Crippen molar-refractivity contribution in [2.24, 2.45) is 0 Å². The number of benzene rings is 2. The summed E-state index contributed by atoms with van der Waals surface area (Å²) in [6, 6.07) is 16.7. The standard InChI is InChI=1S/C28H27FN6O4/c1-38-20-6-7-23-19(15-20)16-22(29)26(32-23)34-27(36)21-4-2-3-5-24(21)31-17-18-8-9-30-25(14-18)33-28(37)35-10-12-39-13-11-35/h2-9,14-16,31H,10-13,17H2,1H3,(H,30,33,37)(H,32,34,36). The number of ether oxygens (including phenoxy) is 2. The van der Waals surface area contributed by atoms with E-state index in [1.165, 1.54) is 13.2 Å². The molecule has 1 aliphatic rings. The third-order valence-electron chi connectivity index (χ3n) is 6.22. The maximum absolute atomic E-state index is 14.8. The van der Waals surface area contributed by atoms with E-state index in [2.05, 4.69) is 25.9 Å². The molecule has 10 nitrogen and oxygen atoms in total. The number of nitrogens with one attached hydrogen (secondary N) is 3. The van der Waals surface area contributed by atoms with E-state index in [0.29, 0.717) is 66.6 Å². The molecule has 3 N–H and O–H groups in total. The number of carbonyl (C=O) groups is 2. The Bertz CT molecular complexity index is 1510. The lowest BCUT2D eigenvalue weighted by Crippen LogP contribution is -2.43. The molecule has 2 aromatic carbocycles. The molecule has 4 aromatic rings. The number of methoxy groups -OCH3 is 1. The largest absolute Gasteiger partial charge is 0.497 e. The number of amides is 3. The normalized spacial score (nSPS) is 13.1. The van der Waals surface area contributed by atoms with Crippen LogP contribution in [0.3, 0.4) is 0 Å². The number of morpholine rings is 1. The zero-order valence-electron chi connectivity index (χ0n) is 21.2. The summed E-state index contributed by atoms with van der Waals surface area (Å²) in [5.41, 5.74) is 2.24. The molecule has 1 aliphatic heterocycles. The number of halogens is 1. The van der Waals surface area contributed by atoms with E-state index < -0.39 is 11.7 Å². The molecule has 3 heterocycles. The highest BCUT2D eigenvalue weighted by Gasteiger charge is 2.18. The Balaban J connectivity index is 1.26. The van der Waals surface area contributed by atoms with Gasteiger partial charge in [0.2, 0.25) is 0 Å². The molecule has 2 aromatic heterocycles. The van der Waals surface area contributed by atoms with Crippen molar-refractivity contribution >= 4 is 40.2 Å². The van der Waals surface area contributed by atoms with Gasteiger partial charge >= 0.3 is 6.03 Å². The number of urea groups is 1. The van der Waals surface area contributed by atoms with Gasteiger partial charge in [-0.1, -0.05) is 12.1 Å². The van der Waals surface area contributed by atoms with E-state index in [1.54, 1.807) is 59.6 Å². The number of nitrogens with zero attached hydrogens (tertiary/aromatic N) is 3. The zero-order chi connectivity index (χ0) is 27.2. The molecular formula is C28H27FN6O4. The van der Waals surface area contributed by atoms with Crippen molar-refractivity contribution in [3.63, 3.8) is 0 Å². The fourth-order valence-electron chi connectivity index (χ4n) is 4.16. The summed E-state index contributed by atoms with van der Waals surface area (Å²) >= 11 is 0. The van der Waals surface area contributed by atoms with E-state index in [1.807, 2.05) is 6.07 Å². The summed E-state index contributed by atoms with van der Waals surface area (Å²) in [4.78, 5) is 35.8. The molecule has 0 radical (unpaired) electrons. The summed E-state index contributed by atoms with van der Waals surface area (Å²) < 4.78 is 25.2. The van der Waals surface area contributed by atoms with Gasteiger partial charge in [0.25, 0.3) is 5.91 Å². The first-order valence-electron chi connectivity index (χ1n) is 12.4. The van der Waals surface area contributed by atoms with Crippen molar-refractivity contribution in [1.82, 2.24) is 14.9 Å². The molecule has 0 spiro atoms. The third-order valence-corrected chi connectivity index (χ3v) is 6.22. The van der Waals surface area contributed by atoms with E-state index in [4.69, 9.17) is 9.47 Å². The van der Waals surface area contributed by atoms with Crippen LogP contribution in [-0.2, 0) is 11.3 Å². The molecule has 5 rings (SSSR count). The fourth-order valence-corrected chi connectivity index (χ4v) is 4.16. The molecule has 1 fully saturated rings. The first kappa shape index (κ1) is 25.9. The Morgan fingerprint density at radius 2 is 1.87 bits per heavy atom. The molecule has 0 unspecified atom stereocenters. The van der Waals surface area contributed by atoms with Crippen LogP contribution >= 0.6 is 0 Å². The van der Waals surface area contributed by atoms with Crippen LogP contribution in [0.4, 0.5) is 26.5 Å². The smallest absolute Gasteiger partial charge is 0.323 e. The van der Waals surface area contributed by atoms with Gasteiger partial charge in [-0.05, 0) is 54.1 Å². The quantitative estimate of drug-likeness (QED) is 0.322. The maximum Gasteiger partial charge on any atom is 0.323 e. The van der Waals surface area contributed by atoms with Crippen LogP contribution in [0.2, 0.25) is 0 Å². The number of rotatable bonds is 7. The highest BCUT2D eigenvalue weighted by Crippen LogP contribution is 2.25. The van der Waals surface area contributed by atoms with Crippen molar-refractivity contribution in [1.29, 1.82) is 0 Å². The Hall–Kier alpha value is -4.77. The predicted molar refractivity (Wildman–Crippen MR) is 146 cm³/mol. The zero-order valence-corrected chi connectivity index (χ0v) is 21.2. The minimum atomic E-state index is -0.655. The summed E-state index contributed by atoms with van der Waals surface area (Å²) in [5.74, 6) is -0.320. The van der Waals surface area contributed by atoms with Crippen molar-refractivity contribution < 1.29 is 23.5 Å². The van der Waals surface area contributed by atoms with Gasteiger partial charge in [0, 0.05) is 36.9 Å². The second-order valence-corrected chi connectivity index (χ2v) is 8.81. The van der Waals surface area contributed by atoms with Gasteiger partial charge in [-0.3, -0.25) is 10.1 Å². The van der Waals surface area contributed by atoms with E-state index in [9.17, 15) is 14.0 Å². The number of hydrogen-bond acceptors (Lipinski definition) is 7. The Labute approximate surface area is 224 Å². The summed E-state index contributed by atoms with van der Waals surface area (Å²) in [6.45, 7) is 2.43. The van der Waals surface area contributed by atoms with E-state index in [0.717, 1.165) is 5.56 Å².